The van der Waals surface area contributed by atoms with E-state index < -0.39 is 10.0 Å². The average molecular weight is 335 g/mol. The maximum Gasteiger partial charge on any atom is 0.244 e. The molecule has 1 aromatic rings. The van der Waals surface area contributed by atoms with Crippen molar-refractivity contribution in [1.29, 1.82) is 0 Å². The molecule has 4 nitrogen and oxygen atoms in total. The van der Waals surface area contributed by atoms with Gasteiger partial charge in [0.2, 0.25) is 10.0 Å². The third-order valence-corrected chi connectivity index (χ3v) is 6.23. The molecule has 0 aliphatic rings. The number of nitrogens with zero attached hydrogens (tertiary/aromatic N) is 1. The molecule has 0 saturated heterocycles. The van der Waals surface area contributed by atoms with Crippen molar-refractivity contribution in [3.63, 3.8) is 0 Å². The van der Waals surface area contributed by atoms with E-state index in [4.69, 9.17) is 5.73 Å². The van der Waals surface area contributed by atoms with Crippen LogP contribution in [0, 0.1) is 6.92 Å². The van der Waals surface area contributed by atoms with Crippen molar-refractivity contribution in [1.82, 2.24) is 4.31 Å². The zero-order valence-corrected chi connectivity index (χ0v) is 13.3. The van der Waals surface area contributed by atoms with Gasteiger partial charge < -0.3 is 5.73 Å². The highest BCUT2D eigenvalue weighted by atomic mass is 79.9. The first-order chi connectivity index (χ1) is 8.38. The summed E-state index contributed by atoms with van der Waals surface area (Å²) in [5, 5.41) is 0. The van der Waals surface area contributed by atoms with Crippen LogP contribution in [-0.2, 0) is 16.6 Å². The average Bonchev–Trinajstić information content (AvgIpc) is 2.33. The van der Waals surface area contributed by atoms with Gasteiger partial charge in [0.1, 0.15) is 0 Å². The van der Waals surface area contributed by atoms with E-state index >= 15 is 0 Å². The fourth-order valence-corrected chi connectivity index (χ4v) is 4.31. The minimum absolute atomic E-state index is 0.298. The van der Waals surface area contributed by atoms with Crippen molar-refractivity contribution < 1.29 is 8.42 Å². The van der Waals surface area contributed by atoms with Gasteiger partial charge in [-0.05, 0) is 40.0 Å². The van der Waals surface area contributed by atoms with Crippen LogP contribution >= 0.6 is 15.9 Å². The van der Waals surface area contributed by atoms with Crippen LogP contribution in [0.5, 0.6) is 0 Å². The van der Waals surface area contributed by atoms with E-state index in [0.717, 1.165) is 11.1 Å². The van der Waals surface area contributed by atoms with Crippen LogP contribution in [0.25, 0.3) is 0 Å². The second kappa shape index (κ2) is 6.14. The maximum absolute atomic E-state index is 12.5. The molecule has 0 radical (unpaired) electrons. The Balaban J connectivity index is 3.45. The maximum atomic E-state index is 12.5. The lowest BCUT2D eigenvalue weighted by Crippen LogP contribution is -2.31. The number of sulfonamides is 1. The van der Waals surface area contributed by atoms with Gasteiger partial charge in [-0.25, -0.2) is 8.42 Å². The SMILES string of the molecule is CCN(CC)S(=O)(=O)c1cc(CN)cc(C)c1Br. The van der Waals surface area contributed by atoms with E-state index in [1.54, 1.807) is 6.07 Å². The fourth-order valence-electron chi connectivity index (χ4n) is 1.82. The molecular formula is C12H19BrN2O2S. The third-order valence-electron chi connectivity index (χ3n) is 2.84. The van der Waals surface area contributed by atoms with Gasteiger partial charge in [-0.3, -0.25) is 0 Å². The summed E-state index contributed by atoms with van der Waals surface area (Å²) in [6, 6.07) is 3.54. The van der Waals surface area contributed by atoms with Crippen molar-refractivity contribution in [2.45, 2.75) is 32.2 Å². The quantitative estimate of drug-likeness (QED) is 0.898. The van der Waals surface area contributed by atoms with Crippen LogP contribution in [0.4, 0.5) is 0 Å². The van der Waals surface area contributed by atoms with Crippen molar-refractivity contribution in [2.24, 2.45) is 5.73 Å². The largest absolute Gasteiger partial charge is 0.326 e. The first kappa shape index (κ1) is 15.6. The number of rotatable bonds is 5. The summed E-state index contributed by atoms with van der Waals surface area (Å²) < 4.78 is 27.0. The topological polar surface area (TPSA) is 63.4 Å². The molecule has 0 atom stereocenters. The third kappa shape index (κ3) is 2.93. The Morgan fingerprint density at radius 3 is 2.28 bits per heavy atom. The highest BCUT2D eigenvalue weighted by Gasteiger charge is 2.25. The Morgan fingerprint density at radius 1 is 1.28 bits per heavy atom. The van der Waals surface area contributed by atoms with E-state index in [9.17, 15) is 8.42 Å². The predicted molar refractivity (Wildman–Crippen MR) is 76.9 cm³/mol. The van der Waals surface area contributed by atoms with E-state index in [-0.39, 0.29) is 0 Å². The van der Waals surface area contributed by atoms with Gasteiger partial charge in [0.15, 0.2) is 0 Å². The summed E-state index contributed by atoms with van der Waals surface area (Å²) in [5.74, 6) is 0. The van der Waals surface area contributed by atoms with Crippen molar-refractivity contribution in [2.75, 3.05) is 13.1 Å². The number of halogens is 1. The van der Waals surface area contributed by atoms with Crippen LogP contribution in [0.1, 0.15) is 25.0 Å². The molecule has 6 heteroatoms. The van der Waals surface area contributed by atoms with E-state index in [1.165, 1.54) is 4.31 Å². The van der Waals surface area contributed by atoms with Crippen molar-refractivity contribution in [3.8, 4) is 0 Å². The molecule has 1 aromatic carbocycles. The molecule has 0 saturated carbocycles. The molecule has 0 fully saturated rings. The van der Waals surface area contributed by atoms with Gasteiger partial charge in [0.05, 0.1) is 4.90 Å². The zero-order chi connectivity index (χ0) is 13.9. The minimum atomic E-state index is -3.46. The summed E-state index contributed by atoms with van der Waals surface area (Å²) >= 11 is 3.36. The van der Waals surface area contributed by atoms with E-state index in [1.807, 2.05) is 26.8 Å². The Bertz CT molecular complexity index is 525. The molecule has 0 heterocycles. The molecule has 18 heavy (non-hydrogen) atoms. The summed E-state index contributed by atoms with van der Waals surface area (Å²) in [4.78, 5) is 0.298. The van der Waals surface area contributed by atoms with Crippen molar-refractivity contribution >= 4 is 26.0 Å². The fraction of sp³-hybridized carbons (Fsp3) is 0.500. The van der Waals surface area contributed by atoms with Crippen LogP contribution in [0.3, 0.4) is 0 Å². The Morgan fingerprint density at radius 2 is 1.83 bits per heavy atom. The second-order valence-electron chi connectivity index (χ2n) is 4.02. The summed E-state index contributed by atoms with van der Waals surface area (Å²) in [5.41, 5.74) is 7.30. The molecular weight excluding hydrogens is 316 g/mol. The molecule has 0 unspecified atom stereocenters. The number of benzene rings is 1. The molecule has 0 aliphatic heterocycles. The van der Waals surface area contributed by atoms with Gasteiger partial charge in [-0.15, -0.1) is 0 Å². The molecule has 0 amide bonds. The molecule has 0 aliphatic carbocycles. The van der Waals surface area contributed by atoms with Gasteiger partial charge in [0, 0.05) is 24.1 Å². The minimum Gasteiger partial charge on any atom is -0.326 e. The molecule has 102 valence electrons. The second-order valence-corrected chi connectivity index (χ2v) is 6.72. The van der Waals surface area contributed by atoms with Gasteiger partial charge in [-0.2, -0.15) is 4.31 Å². The van der Waals surface area contributed by atoms with E-state index in [0.29, 0.717) is 29.0 Å². The molecule has 2 N–H and O–H groups in total. The van der Waals surface area contributed by atoms with Gasteiger partial charge in [-0.1, -0.05) is 19.9 Å². The highest BCUT2D eigenvalue weighted by Crippen LogP contribution is 2.29. The van der Waals surface area contributed by atoms with Crippen molar-refractivity contribution in [3.05, 3.63) is 27.7 Å². The summed E-state index contributed by atoms with van der Waals surface area (Å²) in [6.45, 7) is 6.76. The van der Waals surface area contributed by atoms with Crippen LogP contribution in [-0.4, -0.2) is 25.8 Å². The lowest BCUT2D eigenvalue weighted by molar-refractivity contribution is 0.444. The number of nitrogens with two attached hydrogens (primary N) is 1. The first-order valence-corrected chi connectivity index (χ1v) is 8.11. The van der Waals surface area contributed by atoms with Crippen LogP contribution in [0.15, 0.2) is 21.5 Å². The zero-order valence-electron chi connectivity index (χ0n) is 10.9. The number of hydrogen-bond acceptors (Lipinski definition) is 3. The normalized spacial score (nSPS) is 12.1. The van der Waals surface area contributed by atoms with Crippen LogP contribution in [0.2, 0.25) is 0 Å². The molecule has 0 bridgehead atoms. The molecule has 0 spiro atoms. The van der Waals surface area contributed by atoms with Gasteiger partial charge in [0.25, 0.3) is 0 Å². The Labute approximate surface area is 117 Å². The Kier molecular flexibility index (Phi) is 5.33. The summed E-state index contributed by atoms with van der Waals surface area (Å²) in [6.07, 6.45) is 0. The highest BCUT2D eigenvalue weighted by molar-refractivity contribution is 9.10. The Hall–Kier alpha value is -0.430. The number of aryl methyl sites for hydroxylation is 1. The van der Waals surface area contributed by atoms with E-state index in [2.05, 4.69) is 15.9 Å². The predicted octanol–water partition coefficient (Wildman–Crippen LogP) is 2.25. The van der Waals surface area contributed by atoms with Gasteiger partial charge >= 0.3 is 0 Å². The lowest BCUT2D eigenvalue weighted by atomic mass is 10.1. The standard InChI is InChI=1S/C12H19BrN2O2S/c1-4-15(5-2)18(16,17)11-7-10(8-14)6-9(3)12(11)13/h6-7H,4-5,8,14H2,1-3H3. The molecule has 1 rings (SSSR count). The monoisotopic (exact) mass is 334 g/mol. The lowest BCUT2D eigenvalue weighted by Gasteiger charge is -2.20. The smallest absolute Gasteiger partial charge is 0.244 e. The first-order valence-electron chi connectivity index (χ1n) is 5.87. The number of hydrogen-bond donors (Lipinski definition) is 1. The van der Waals surface area contributed by atoms with Crippen LogP contribution < -0.4 is 5.73 Å². The summed E-state index contributed by atoms with van der Waals surface area (Å²) in [7, 11) is -3.46. The molecule has 0 aromatic heterocycles.